The van der Waals surface area contributed by atoms with Gasteiger partial charge in [0.25, 0.3) is 0 Å². The van der Waals surface area contributed by atoms with Gasteiger partial charge in [-0.25, -0.2) is 4.79 Å². The Morgan fingerprint density at radius 1 is 1.32 bits per heavy atom. The van der Waals surface area contributed by atoms with Crippen molar-refractivity contribution in [3.05, 3.63) is 34.9 Å². The second-order valence-corrected chi connectivity index (χ2v) is 5.32. The summed E-state index contributed by atoms with van der Waals surface area (Å²) in [5.74, 6) is 0. The van der Waals surface area contributed by atoms with E-state index in [1.165, 1.54) is 7.11 Å². The van der Waals surface area contributed by atoms with Crippen LogP contribution in [-0.2, 0) is 9.47 Å². The van der Waals surface area contributed by atoms with Gasteiger partial charge in [0, 0.05) is 24.2 Å². The normalized spacial score (nSPS) is 12.0. The Morgan fingerprint density at radius 2 is 2.14 bits per heavy atom. The predicted octanol–water partition coefficient (Wildman–Crippen LogP) is 3.14. The third-order valence-corrected chi connectivity index (χ3v) is 3.38. The minimum atomic E-state index is -0.440. The first-order valence-corrected chi connectivity index (χ1v) is 7.93. The van der Waals surface area contributed by atoms with Crippen LogP contribution in [0.2, 0.25) is 5.02 Å². The fraction of sp³-hybridized carbons (Fsp3) is 0.562. The number of rotatable bonds is 10. The van der Waals surface area contributed by atoms with E-state index >= 15 is 0 Å². The zero-order chi connectivity index (χ0) is 16.2. The van der Waals surface area contributed by atoms with Crippen LogP contribution in [0.25, 0.3) is 0 Å². The van der Waals surface area contributed by atoms with Crippen molar-refractivity contribution in [2.24, 2.45) is 0 Å². The van der Waals surface area contributed by atoms with Gasteiger partial charge < -0.3 is 20.1 Å². The number of carbonyl (C=O) groups is 1. The van der Waals surface area contributed by atoms with Crippen LogP contribution in [0.15, 0.2) is 24.3 Å². The zero-order valence-electron chi connectivity index (χ0n) is 13.2. The molecule has 124 valence electrons. The van der Waals surface area contributed by atoms with Gasteiger partial charge in [-0.15, -0.1) is 0 Å². The lowest BCUT2D eigenvalue weighted by molar-refractivity contribution is 0.120. The Kier molecular flexibility index (Phi) is 9.62. The van der Waals surface area contributed by atoms with E-state index in [0.717, 1.165) is 30.0 Å². The van der Waals surface area contributed by atoms with Gasteiger partial charge in [-0.2, -0.15) is 0 Å². The first-order chi connectivity index (χ1) is 10.7. The number of alkyl carbamates (subject to hydrolysis) is 1. The van der Waals surface area contributed by atoms with Crippen molar-refractivity contribution in [3.8, 4) is 0 Å². The quantitative estimate of drug-likeness (QED) is 0.648. The van der Waals surface area contributed by atoms with Gasteiger partial charge in [-0.1, -0.05) is 30.7 Å². The first kappa shape index (κ1) is 18.7. The van der Waals surface area contributed by atoms with Crippen LogP contribution >= 0.6 is 11.6 Å². The van der Waals surface area contributed by atoms with E-state index < -0.39 is 6.09 Å². The molecule has 0 aliphatic carbocycles. The van der Waals surface area contributed by atoms with Crippen molar-refractivity contribution in [2.75, 3.05) is 33.4 Å². The molecule has 1 atom stereocenters. The van der Waals surface area contributed by atoms with Gasteiger partial charge in [0.15, 0.2) is 0 Å². The maximum atomic E-state index is 10.9. The molecule has 5 nitrogen and oxygen atoms in total. The highest BCUT2D eigenvalue weighted by atomic mass is 35.5. The second kappa shape index (κ2) is 11.3. The first-order valence-electron chi connectivity index (χ1n) is 7.55. The highest BCUT2D eigenvalue weighted by Gasteiger charge is 2.11. The van der Waals surface area contributed by atoms with Gasteiger partial charge >= 0.3 is 6.09 Å². The molecule has 0 saturated carbocycles. The molecule has 1 amide bonds. The van der Waals surface area contributed by atoms with Gasteiger partial charge in [-0.3, -0.25) is 0 Å². The highest BCUT2D eigenvalue weighted by molar-refractivity contribution is 6.30. The van der Waals surface area contributed by atoms with Crippen molar-refractivity contribution < 1.29 is 14.3 Å². The lowest BCUT2D eigenvalue weighted by Gasteiger charge is -2.19. The van der Waals surface area contributed by atoms with Crippen LogP contribution in [0, 0.1) is 0 Å². The lowest BCUT2D eigenvalue weighted by atomic mass is 10.0. The summed E-state index contributed by atoms with van der Waals surface area (Å²) in [7, 11) is 1.34. The molecule has 2 N–H and O–H groups in total. The van der Waals surface area contributed by atoms with Crippen LogP contribution in [0.4, 0.5) is 4.79 Å². The molecule has 6 heteroatoms. The van der Waals surface area contributed by atoms with Crippen molar-refractivity contribution in [2.45, 2.75) is 25.8 Å². The minimum Gasteiger partial charge on any atom is -0.453 e. The fourth-order valence-corrected chi connectivity index (χ4v) is 2.23. The SMILES string of the molecule is CCCNC(CCOCCNC(=O)OC)c1cccc(Cl)c1. The van der Waals surface area contributed by atoms with Gasteiger partial charge in [0.2, 0.25) is 0 Å². The maximum absolute atomic E-state index is 10.9. The van der Waals surface area contributed by atoms with E-state index in [1.54, 1.807) is 0 Å². The molecule has 0 radical (unpaired) electrons. The minimum absolute atomic E-state index is 0.215. The van der Waals surface area contributed by atoms with E-state index in [0.29, 0.717) is 19.8 Å². The van der Waals surface area contributed by atoms with Crippen LogP contribution < -0.4 is 10.6 Å². The second-order valence-electron chi connectivity index (χ2n) is 4.88. The number of benzene rings is 1. The molecule has 1 unspecified atom stereocenters. The number of halogens is 1. The topological polar surface area (TPSA) is 59.6 Å². The Labute approximate surface area is 137 Å². The summed E-state index contributed by atoms with van der Waals surface area (Å²) >= 11 is 6.06. The van der Waals surface area contributed by atoms with Crippen molar-refractivity contribution in [1.29, 1.82) is 0 Å². The van der Waals surface area contributed by atoms with Crippen LogP contribution in [0.5, 0.6) is 0 Å². The number of ether oxygens (including phenoxy) is 2. The number of hydrogen-bond donors (Lipinski definition) is 2. The predicted molar refractivity (Wildman–Crippen MR) is 88.3 cm³/mol. The summed E-state index contributed by atoms with van der Waals surface area (Å²) < 4.78 is 10.0. The summed E-state index contributed by atoms with van der Waals surface area (Å²) in [6.07, 6.45) is 1.48. The molecule has 22 heavy (non-hydrogen) atoms. The van der Waals surface area contributed by atoms with Crippen molar-refractivity contribution in [1.82, 2.24) is 10.6 Å². The smallest absolute Gasteiger partial charge is 0.406 e. The number of methoxy groups -OCH3 is 1. The average molecular weight is 329 g/mol. The Hall–Kier alpha value is -1.30. The number of hydrogen-bond acceptors (Lipinski definition) is 4. The number of nitrogens with one attached hydrogen (secondary N) is 2. The monoisotopic (exact) mass is 328 g/mol. The van der Waals surface area contributed by atoms with Crippen molar-refractivity contribution in [3.63, 3.8) is 0 Å². The van der Waals surface area contributed by atoms with E-state index in [9.17, 15) is 4.79 Å². The van der Waals surface area contributed by atoms with Crippen LogP contribution in [0.3, 0.4) is 0 Å². The molecule has 0 saturated heterocycles. The molecule has 0 aliphatic rings. The number of carbonyl (C=O) groups excluding carboxylic acids is 1. The fourth-order valence-electron chi connectivity index (χ4n) is 2.03. The molecule has 0 heterocycles. The molecular weight excluding hydrogens is 304 g/mol. The molecule has 1 rings (SSSR count). The molecule has 0 aromatic heterocycles. The summed E-state index contributed by atoms with van der Waals surface area (Å²) in [5, 5.41) is 6.82. The summed E-state index contributed by atoms with van der Waals surface area (Å²) in [4.78, 5) is 10.9. The lowest BCUT2D eigenvalue weighted by Crippen LogP contribution is -2.27. The largest absolute Gasteiger partial charge is 0.453 e. The van der Waals surface area contributed by atoms with Crippen molar-refractivity contribution >= 4 is 17.7 Å². The summed E-state index contributed by atoms with van der Waals surface area (Å²) in [6, 6.07) is 8.09. The molecule has 0 bridgehead atoms. The third-order valence-electron chi connectivity index (χ3n) is 3.14. The van der Waals surface area contributed by atoms with Crippen LogP contribution in [-0.4, -0.2) is 39.5 Å². The van der Waals surface area contributed by atoms with E-state index in [4.69, 9.17) is 16.3 Å². The highest BCUT2D eigenvalue weighted by Crippen LogP contribution is 2.20. The summed E-state index contributed by atoms with van der Waals surface area (Å²) in [6.45, 7) is 4.59. The third kappa shape index (κ3) is 7.64. The summed E-state index contributed by atoms with van der Waals surface area (Å²) in [5.41, 5.74) is 1.16. The van der Waals surface area contributed by atoms with Gasteiger partial charge in [0.1, 0.15) is 0 Å². The van der Waals surface area contributed by atoms with Crippen LogP contribution in [0.1, 0.15) is 31.4 Å². The standard InChI is InChI=1S/C16H25ClN2O3/c1-3-8-18-15(13-5-4-6-14(17)12-13)7-10-22-11-9-19-16(20)21-2/h4-6,12,15,18H,3,7-11H2,1-2H3,(H,19,20). The molecule has 0 fully saturated rings. The molecule has 0 spiro atoms. The Bertz CT molecular complexity index is 443. The van der Waals surface area contributed by atoms with Gasteiger partial charge in [-0.05, 0) is 37.1 Å². The molecular formula is C16H25ClN2O3. The average Bonchev–Trinajstić information content (AvgIpc) is 2.53. The van der Waals surface area contributed by atoms with E-state index in [2.05, 4.69) is 28.4 Å². The molecule has 1 aromatic carbocycles. The maximum Gasteiger partial charge on any atom is 0.406 e. The van der Waals surface area contributed by atoms with Gasteiger partial charge in [0.05, 0.1) is 13.7 Å². The molecule has 1 aromatic rings. The zero-order valence-corrected chi connectivity index (χ0v) is 14.0. The van der Waals surface area contributed by atoms with E-state index in [-0.39, 0.29) is 6.04 Å². The van der Waals surface area contributed by atoms with E-state index in [1.807, 2.05) is 18.2 Å². The Morgan fingerprint density at radius 3 is 2.82 bits per heavy atom. The number of amides is 1. The molecule has 0 aliphatic heterocycles. The Balaban J connectivity index is 2.34.